The number of hydrogen-bond acceptors (Lipinski definition) is 3. The highest BCUT2D eigenvalue weighted by molar-refractivity contribution is 8.15. The van der Waals surface area contributed by atoms with Crippen molar-refractivity contribution in [1.82, 2.24) is 0 Å². The van der Waals surface area contributed by atoms with E-state index in [0.717, 1.165) is 0 Å². The van der Waals surface area contributed by atoms with Gasteiger partial charge in [0.25, 0.3) is 0 Å². The molecule has 78 valence electrons. The molecule has 6 heteroatoms. The van der Waals surface area contributed by atoms with Gasteiger partial charge in [-0.2, -0.15) is 0 Å². The largest absolute Gasteiger partial charge is 0.278 e. The topological polar surface area (TPSA) is 44.2 Å². The lowest BCUT2D eigenvalue weighted by Crippen LogP contribution is -2.28. The molecule has 1 saturated heterocycles. The average Bonchev–Trinajstić information content (AvgIpc) is 2.52. The first kappa shape index (κ1) is 10.8. The average molecular weight is 261 g/mol. The molecule has 1 N–H and O–H groups in total. The van der Waals surface area contributed by atoms with E-state index in [9.17, 15) is 4.79 Å². The number of amides is 1. The van der Waals surface area contributed by atoms with Crippen LogP contribution < -0.4 is 4.90 Å². The smallest absolute Gasteiger partial charge is 0.243 e. The number of nitrogens with one attached hydrogen (secondary N) is 1. The van der Waals surface area contributed by atoms with Gasteiger partial charge in [0.05, 0.1) is 21.5 Å². The van der Waals surface area contributed by atoms with Crippen LogP contribution in [-0.4, -0.2) is 16.8 Å². The molecule has 2 rings (SSSR count). The Morgan fingerprint density at radius 3 is 2.60 bits per heavy atom. The second-order valence-electron chi connectivity index (χ2n) is 2.92. The van der Waals surface area contributed by atoms with Crippen molar-refractivity contribution in [3.05, 3.63) is 28.2 Å². The normalized spacial score (nSPS) is 16.3. The number of nitrogens with zero attached hydrogens (tertiary/aromatic N) is 1. The Morgan fingerprint density at radius 1 is 1.33 bits per heavy atom. The van der Waals surface area contributed by atoms with Crippen LogP contribution in [0.5, 0.6) is 0 Å². The summed E-state index contributed by atoms with van der Waals surface area (Å²) in [5.41, 5.74) is 0.587. The monoisotopic (exact) mass is 260 g/mol. The first-order valence-corrected chi connectivity index (χ1v) is 5.83. The van der Waals surface area contributed by atoms with Gasteiger partial charge in [0.1, 0.15) is 0 Å². The van der Waals surface area contributed by atoms with Crippen LogP contribution in [-0.2, 0) is 4.79 Å². The zero-order valence-corrected chi connectivity index (χ0v) is 9.79. The maximum atomic E-state index is 11.5. The van der Waals surface area contributed by atoms with Crippen molar-refractivity contribution >= 4 is 51.7 Å². The van der Waals surface area contributed by atoms with Crippen molar-refractivity contribution in [2.24, 2.45) is 0 Å². The molecule has 1 aromatic rings. The Kier molecular flexibility index (Phi) is 2.91. The van der Waals surface area contributed by atoms with Gasteiger partial charge in [-0.1, -0.05) is 35.0 Å². The number of anilines is 1. The standard InChI is InChI=1S/C9H6Cl2N2OS/c10-6-2-1-5(3-7(6)11)13-8(14)4-15-9(13)12/h1-3,12H,4H2. The Labute approximate surface area is 101 Å². The molecule has 1 amide bonds. The van der Waals surface area contributed by atoms with Crippen LogP contribution in [0.25, 0.3) is 0 Å². The molecule has 0 spiro atoms. The zero-order valence-electron chi connectivity index (χ0n) is 7.46. The molecule has 15 heavy (non-hydrogen) atoms. The third-order valence-electron chi connectivity index (χ3n) is 1.95. The summed E-state index contributed by atoms with van der Waals surface area (Å²) >= 11 is 12.8. The predicted molar refractivity (Wildman–Crippen MR) is 64.1 cm³/mol. The molecule has 0 bridgehead atoms. The van der Waals surface area contributed by atoms with Gasteiger partial charge in [0.2, 0.25) is 5.91 Å². The number of carbonyl (C=O) groups is 1. The van der Waals surface area contributed by atoms with Crippen molar-refractivity contribution in [2.75, 3.05) is 10.7 Å². The van der Waals surface area contributed by atoms with Crippen LogP contribution in [0, 0.1) is 5.41 Å². The maximum Gasteiger partial charge on any atom is 0.243 e. The zero-order chi connectivity index (χ0) is 11.0. The Hall–Kier alpha value is -0.710. The van der Waals surface area contributed by atoms with Gasteiger partial charge in [-0.05, 0) is 18.2 Å². The summed E-state index contributed by atoms with van der Waals surface area (Å²) in [5, 5.41) is 8.63. The first-order chi connectivity index (χ1) is 7.09. The lowest BCUT2D eigenvalue weighted by molar-refractivity contribution is -0.115. The molecule has 0 aromatic heterocycles. The number of benzene rings is 1. The van der Waals surface area contributed by atoms with E-state index in [2.05, 4.69) is 0 Å². The van der Waals surface area contributed by atoms with Crippen LogP contribution in [0.4, 0.5) is 5.69 Å². The van der Waals surface area contributed by atoms with Gasteiger partial charge in [-0.3, -0.25) is 15.1 Å². The summed E-state index contributed by atoms with van der Waals surface area (Å²) in [6, 6.07) is 4.87. The van der Waals surface area contributed by atoms with Gasteiger partial charge < -0.3 is 0 Å². The molecule has 1 heterocycles. The van der Waals surface area contributed by atoms with E-state index >= 15 is 0 Å². The summed E-state index contributed by atoms with van der Waals surface area (Å²) in [7, 11) is 0. The van der Waals surface area contributed by atoms with Crippen molar-refractivity contribution in [3.63, 3.8) is 0 Å². The van der Waals surface area contributed by atoms with Gasteiger partial charge in [0.15, 0.2) is 5.17 Å². The third kappa shape index (κ3) is 1.97. The van der Waals surface area contributed by atoms with E-state index in [1.807, 2.05) is 0 Å². The molecular formula is C9H6Cl2N2OS. The van der Waals surface area contributed by atoms with Gasteiger partial charge in [0, 0.05) is 0 Å². The Morgan fingerprint density at radius 2 is 2.07 bits per heavy atom. The van der Waals surface area contributed by atoms with Crippen LogP contribution in [0.2, 0.25) is 10.0 Å². The fourth-order valence-corrected chi connectivity index (χ4v) is 2.28. The number of carbonyl (C=O) groups excluding carboxylic acids is 1. The number of thioether (sulfide) groups is 1. The number of rotatable bonds is 1. The first-order valence-electron chi connectivity index (χ1n) is 4.09. The molecule has 1 aromatic carbocycles. The van der Waals surface area contributed by atoms with Gasteiger partial charge >= 0.3 is 0 Å². The Balaban J connectivity index is 2.41. The molecular weight excluding hydrogens is 255 g/mol. The minimum atomic E-state index is -0.108. The Bertz CT molecular complexity index is 434. The second kappa shape index (κ2) is 4.04. The quantitative estimate of drug-likeness (QED) is 0.844. The fourth-order valence-electron chi connectivity index (χ4n) is 1.26. The molecule has 0 atom stereocenters. The number of hydrogen-bond donors (Lipinski definition) is 1. The van der Waals surface area contributed by atoms with Crippen molar-refractivity contribution in [3.8, 4) is 0 Å². The van der Waals surface area contributed by atoms with Crippen LogP contribution in [0.1, 0.15) is 0 Å². The molecule has 0 saturated carbocycles. The molecule has 3 nitrogen and oxygen atoms in total. The number of amidine groups is 1. The van der Waals surface area contributed by atoms with E-state index in [0.29, 0.717) is 21.5 Å². The van der Waals surface area contributed by atoms with E-state index in [4.69, 9.17) is 28.6 Å². The van der Waals surface area contributed by atoms with Gasteiger partial charge in [-0.25, -0.2) is 0 Å². The minimum Gasteiger partial charge on any atom is -0.278 e. The summed E-state index contributed by atoms with van der Waals surface area (Å²) in [5.74, 6) is 0.197. The van der Waals surface area contributed by atoms with Crippen molar-refractivity contribution < 1.29 is 4.79 Å². The predicted octanol–water partition coefficient (Wildman–Crippen LogP) is 3.01. The summed E-state index contributed by atoms with van der Waals surface area (Å²) in [6.45, 7) is 0. The van der Waals surface area contributed by atoms with E-state index in [1.54, 1.807) is 18.2 Å². The highest BCUT2D eigenvalue weighted by Gasteiger charge is 2.28. The van der Waals surface area contributed by atoms with Crippen molar-refractivity contribution in [1.29, 1.82) is 5.41 Å². The molecule has 1 aliphatic heterocycles. The molecule has 0 aliphatic carbocycles. The summed E-state index contributed by atoms with van der Waals surface area (Å²) in [4.78, 5) is 12.8. The minimum absolute atomic E-state index is 0.108. The molecule has 1 aliphatic rings. The number of halogens is 2. The van der Waals surface area contributed by atoms with E-state index in [1.165, 1.54) is 16.7 Å². The van der Waals surface area contributed by atoms with Crippen molar-refractivity contribution in [2.45, 2.75) is 0 Å². The second-order valence-corrected chi connectivity index (χ2v) is 4.70. The van der Waals surface area contributed by atoms with Crippen LogP contribution in [0.15, 0.2) is 18.2 Å². The fraction of sp³-hybridized carbons (Fsp3) is 0.111. The third-order valence-corrected chi connectivity index (χ3v) is 3.53. The highest BCUT2D eigenvalue weighted by Crippen LogP contribution is 2.31. The molecule has 0 unspecified atom stereocenters. The van der Waals surface area contributed by atoms with Crippen LogP contribution in [0.3, 0.4) is 0 Å². The van der Waals surface area contributed by atoms with E-state index in [-0.39, 0.29) is 11.1 Å². The molecule has 0 radical (unpaired) electrons. The lowest BCUT2D eigenvalue weighted by Gasteiger charge is -2.15. The lowest BCUT2D eigenvalue weighted by atomic mass is 10.3. The van der Waals surface area contributed by atoms with Gasteiger partial charge in [-0.15, -0.1) is 0 Å². The van der Waals surface area contributed by atoms with E-state index < -0.39 is 0 Å². The molecule has 1 fully saturated rings. The summed E-state index contributed by atoms with van der Waals surface area (Å²) < 4.78 is 0. The highest BCUT2D eigenvalue weighted by atomic mass is 35.5. The summed E-state index contributed by atoms with van der Waals surface area (Å²) in [6.07, 6.45) is 0. The SMILES string of the molecule is N=C1SCC(=O)N1c1ccc(Cl)c(Cl)c1. The maximum absolute atomic E-state index is 11.5. The van der Waals surface area contributed by atoms with Crippen LogP contribution >= 0.6 is 35.0 Å².